The summed E-state index contributed by atoms with van der Waals surface area (Å²) >= 11 is 9.21. The summed E-state index contributed by atoms with van der Waals surface area (Å²) in [6.07, 6.45) is 0. The van der Waals surface area contributed by atoms with E-state index < -0.39 is 0 Å². The minimum atomic E-state index is -0.219. The van der Waals surface area contributed by atoms with E-state index >= 15 is 0 Å². The Morgan fingerprint density at radius 3 is 2.63 bits per heavy atom. The number of hydrogen-bond donors (Lipinski definition) is 1. The molecule has 0 unspecified atom stereocenters. The van der Waals surface area contributed by atoms with E-state index in [1.54, 1.807) is 18.2 Å². The first kappa shape index (κ1) is 16.0. The van der Waals surface area contributed by atoms with Crippen LogP contribution >= 0.6 is 27.5 Å². The van der Waals surface area contributed by atoms with Gasteiger partial charge in [-0.25, -0.2) is 0 Å². The predicted molar refractivity (Wildman–Crippen MR) is 79.4 cm³/mol. The third-order valence-corrected chi connectivity index (χ3v) is 3.46. The Labute approximate surface area is 126 Å². The third-order valence-electron chi connectivity index (χ3n) is 2.54. The first-order valence-corrected chi connectivity index (χ1v) is 7.17. The second-order valence-electron chi connectivity index (χ2n) is 3.90. The molecule has 1 aromatic rings. The molecule has 0 saturated heterocycles. The lowest BCUT2D eigenvalue weighted by Crippen LogP contribution is -2.40. The van der Waals surface area contributed by atoms with Crippen molar-refractivity contribution in [3.05, 3.63) is 33.3 Å². The molecule has 0 aliphatic carbocycles. The molecule has 4 nitrogen and oxygen atoms in total. The molecule has 2 amide bonds. The first-order chi connectivity index (χ1) is 8.99. The maximum Gasteiger partial charge on any atom is 0.255 e. The predicted octanol–water partition coefficient (Wildman–Crippen LogP) is 2.70. The minimum Gasteiger partial charge on any atom is -0.355 e. The second kappa shape index (κ2) is 7.50. The summed E-state index contributed by atoms with van der Waals surface area (Å²) < 4.78 is 0.663. The number of nitrogens with one attached hydrogen (secondary N) is 1. The van der Waals surface area contributed by atoms with E-state index in [4.69, 9.17) is 11.6 Å². The van der Waals surface area contributed by atoms with E-state index in [1.165, 1.54) is 4.90 Å². The molecular formula is C13H16BrClN2O2. The van der Waals surface area contributed by atoms with E-state index in [0.717, 1.165) is 0 Å². The maximum absolute atomic E-state index is 12.3. The largest absolute Gasteiger partial charge is 0.355 e. The summed E-state index contributed by atoms with van der Waals surface area (Å²) in [5.74, 6) is -0.390. The van der Waals surface area contributed by atoms with Gasteiger partial charge in [0.1, 0.15) is 0 Å². The summed E-state index contributed by atoms with van der Waals surface area (Å²) in [6, 6.07) is 5.01. The molecule has 104 valence electrons. The van der Waals surface area contributed by atoms with Gasteiger partial charge in [0.25, 0.3) is 5.91 Å². The zero-order valence-electron chi connectivity index (χ0n) is 10.9. The van der Waals surface area contributed by atoms with Gasteiger partial charge in [-0.1, -0.05) is 11.6 Å². The van der Waals surface area contributed by atoms with Crippen LogP contribution in [0.25, 0.3) is 0 Å². The standard InChI is InChI=1S/C13H16BrClN2O2/c1-3-16-12(18)8-17(4-2)13(19)10-7-9(15)5-6-11(10)14/h5-7H,3-4,8H2,1-2H3,(H,16,18). The van der Waals surface area contributed by atoms with Crippen molar-refractivity contribution in [2.24, 2.45) is 0 Å². The molecule has 0 heterocycles. The van der Waals surface area contributed by atoms with Crippen molar-refractivity contribution in [2.75, 3.05) is 19.6 Å². The Balaban J connectivity index is 2.89. The SMILES string of the molecule is CCNC(=O)CN(CC)C(=O)c1cc(Cl)ccc1Br. The van der Waals surface area contributed by atoms with Crippen molar-refractivity contribution in [1.82, 2.24) is 10.2 Å². The van der Waals surface area contributed by atoms with E-state index in [9.17, 15) is 9.59 Å². The van der Waals surface area contributed by atoms with E-state index in [1.807, 2.05) is 13.8 Å². The van der Waals surface area contributed by atoms with Crippen molar-refractivity contribution < 1.29 is 9.59 Å². The highest BCUT2D eigenvalue weighted by Crippen LogP contribution is 2.22. The molecule has 0 saturated carbocycles. The van der Waals surface area contributed by atoms with E-state index in [2.05, 4.69) is 21.2 Å². The van der Waals surface area contributed by atoms with Crippen LogP contribution in [0.1, 0.15) is 24.2 Å². The van der Waals surface area contributed by atoms with Gasteiger partial charge in [0.15, 0.2) is 0 Å². The summed E-state index contributed by atoms with van der Waals surface area (Å²) in [5.41, 5.74) is 0.457. The summed E-state index contributed by atoms with van der Waals surface area (Å²) in [7, 11) is 0. The quantitative estimate of drug-likeness (QED) is 0.890. The van der Waals surface area contributed by atoms with Crippen LogP contribution in [0.15, 0.2) is 22.7 Å². The van der Waals surface area contributed by atoms with Gasteiger partial charge in [0, 0.05) is 22.6 Å². The summed E-state index contributed by atoms with van der Waals surface area (Å²) in [6.45, 7) is 4.71. The monoisotopic (exact) mass is 346 g/mol. The van der Waals surface area contributed by atoms with E-state index in [0.29, 0.717) is 28.1 Å². The molecule has 0 radical (unpaired) electrons. The minimum absolute atomic E-state index is 0.0438. The number of halogens is 2. The zero-order valence-corrected chi connectivity index (χ0v) is 13.2. The molecule has 0 bridgehead atoms. The van der Waals surface area contributed by atoms with Gasteiger partial charge < -0.3 is 10.2 Å². The molecule has 0 aliphatic rings. The van der Waals surface area contributed by atoms with Crippen molar-refractivity contribution in [3.63, 3.8) is 0 Å². The Morgan fingerprint density at radius 1 is 1.37 bits per heavy atom. The Bertz CT molecular complexity index is 480. The van der Waals surface area contributed by atoms with Gasteiger partial charge in [0.05, 0.1) is 12.1 Å². The molecule has 1 rings (SSSR count). The van der Waals surface area contributed by atoms with Crippen molar-refractivity contribution >= 4 is 39.3 Å². The highest BCUT2D eigenvalue weighted by atomic mass is 79.9. The number of benzene rings is 1. The lowest BCUT2D eigenvalue weighted by atomic mass is 10.2. The van der Waals surface area contributed by atoms with Crippen molar-refractivity contribution in [3.8, 4) is 0 Å². The molecule has 6 heteroatoms. The van der Waals surface area contributed by atoms with Crippen LogP contribution in [0.3, 0.4) is 0 Å². The van der Waals surface area contributed by atoms with Crippen LogP contribution in [-0.4, -0.2) is 36.3 Å². The average molecular weight is 348 g/mol. The molecule has 0 aliphatic heterocycles. The molecule has 0 aromatic heterocycles. The zero-order chi connectivity index (χ0) is 14.4. The molecular weight excluding hydrogens is 332 g/mol. The topological polar surface area (TPSA) is 49.4 Å². The number of hydrogen-bond acceptors (Lipinski definition) is 2. The normalized spacial score (nSPS) is 10.1. The fourth-order valence-electron chi connectivity index (χ4n) is 1.59. The molecule has 19 heavy (non-hydrogen) atoms. The number of rotatable bonds is 5. The molecule has 0 fully saturated rings. The van der Waals surface area contributed by atoms with Crippen molar-refractivity contribution in [1.29, 1.82) is 0 Å². The number of amides is 2. The van der Waals surface area contributed by atoms with Gasteiger partial charge >= 0.3 is 0 Å². The van der Waals surface area contributed by atoms with Crippen molar-refractivity contribution in [2.45, 2.75) is 13.8 Å². The van der Waals surface area contributed by atoms with Gasteiger partial charge in [-0.15, -0.1) is 0 Å². The lowest BCUT2D eigenvalue weighted by molar-refractivity contribution is -0.121. The number of carbonyl (C=O) groups excluding carboxylic acids is 2. The van der Waals surface area contributed by atoms with Gasteiger partial charge in [-0.2, -0.15) is 0 Å². The van der Waals surface area contributed by atoms with Crippen LogP contribution in [0, 0.1) is 0 Å². The highest BCUT2D eigenvalue weighted by molar-refractivity contribution is 9.10. The number of likely N-dealkylation sites (N-methyl/N-ethyl adjacent to an activating group) is 2. The summed E-state index contributed by atoms with van der Waals surface area (Å²) in [4.78, 5) is 25.4. The summed E-state index contributed by atoms with van der Waals surface area (Å²) in [5, 5.41) is 3.16. The van der Waals surface area contributed by atoms with Crippen LogP contribution in [0.4, 0.5) is 0 Å². The van der Waals surface area contributed by atoms with Gasteiger partial charge in [-0.05, 0) is 48.0 Å². The van der Waals surface area contributed by atoms with E-state index in [-0.39, 0.29) is 18.4 Å². The van der Waals surface area contributed by atoms with Gasteiger partial charge in [-0.3, -0.25) is 9.59 Å². The lowest BCUT2D eigenvalue weighted by Gasteiger charge is -2.21. The van der Waals surface area contributed by atoms with Crippen LogP contribution in [0.2, 0.25) is 5.02 Å². The molecule has 0 atom stereocenters. The Kier molecular flexibility index (Phi) is 6.31. The average Bonchev–Trinajstić information content (AvgIpc) is 2.38. The third kappa shape index (κ3) is 4.51. The fraction of sp³-hybridized carbons (Fsp3) is 0.385. The molecule has 1 aromatic carbocycles. The van der Waals surface area contributed by atoms with Gasteiger partial charge in [0.2, 0.25) is 5.91 Å². The molecule has 1 N–H and O–H groups in total. The Hall–Kier alpha value is -1.07. The van der Waals surface area contributed by atoms with Crippen LogP contribution in [-0.2, 0) is 4.79 Å². The maximum atomic E-state index is 12.3. The number of carbonyl (C=O) groups is 2. The fourth-order valence-corrected chi connectivity index (χ4v) is 2.17. The first-order valence-electron chi connectivity index (χ1n) is 6.00. The number of nitrogens with zero attached hydrogens (tertiary/aromatic N) is 1. The second-order valence-corrected chi connectivity index (χ2v) is 5.19. The molecule has 0 spiro atoms. The van der Waals surface area contributed by atoms with Crippen LogP contribution in [0.5, 0.6) is 0 Å². The van der Waals surface area contributed by atoms with Crippen LogP contribution < -0.4 is 5.32 Å². The highest BCUT2D eigenvalue weighted by Gasteiger charge is 2.19. The smallest absolute Gasteiger partial charge is 0.255 e. The Morgan fingerprint density at radius 2 is 2.05 bits per heavy atom.